The Morgan fingerprint density at radius 2 is 1.95 bits per heavy atom. The first-order valence-electron chi connectivity index (χ1n) is 14.1. The van der Waals surface area contributed by atoms with Crippen molar-refractivity contribution in [2.24, 2.45) is 22.7 Å². The molecular weight excluding hydrogens is 539 g/mol. The highest BCUT2D eigenvalue weighted by atomic mass is 19.4. The molecule has 2 saturated heterocycles. The third kappa shape index (κ3) is 5.65. The molecule has 2 heterocycles. The van der Waals surface area contributed by atoms with Crippen LogP contribution in [0.2, 0.25) is 0 Å². The summed E-state index contributed by atoms with van der Waals surface area (Å²) in [6.45, 7) is 13.3. The van der Waals surface area contributed by atoms with Gasteiger partial charge in [-0.25, -0.2) is 9.59 Å². The second-order valence-electron chi connectivity index (χ2n) is 12.7. The van der Waals surface area contributed by atoms with Crippen LogP contribution in [0.25, 0.3) is 0 Å². The molecule has 0 aromatic heterocycles. The Morgan fingerprint density at radius 1 is 1.20 bits per heavy atom. The number of alkyl halides is 3. The Balaban J connectivity index is 1.30. The first kappa shape index (κ1) is 29.6. The van der Waals surface area contributed by atoms with Gasteiger partial charge in [-0.3, -0.25) is 5.32 Å². The third-order valence-electron chi connectivity index (χ3n) is 9.68. The van der Waals surface area contributed by atoms with Gasteiger partial charge in [0.15, 0.2) is 11.9 Å². The van der Waals surface area contributed by atoms with Crippen molar-refractivity contribution in [1.29, 1.82) is 0 Å². The van der Waals surface area contributed by atoms with E-state index in [2.05, 4.69) is 25.7 Å². The summed E-state index contributed by atoms with van der Waals surface area (Å²) in [5, 5.41) is 2.32. The van der Waals surface area contributed by atoms with E-state index in [0.717, 1.165) is 43.4 Å². The molecule has 4 aliphatic rings. The third-order valence-corrected chi connectivity index (χ3v) is 9.68. The molecule has 0 radical (unpaired) electrons. The van der Waals surface area contributed by atoms with Crippen molar-refractivity contribution in [1.82, 2.24) is 0 Å². The number of fused-ring (bicyclic) bond motifs is 3. The van der Waals surface area contributed by atoms with Crippen LogP contribution in [0.4, 0.5) is 23.7 Å². The molecule has 0 spiro atoms. The van der Waals surface area contributed by atoms with E-state index in [-0.39, 0.29) is 40.7 Å². The zero-order valence-electron chi connectivity index (χ0n) is 23.9. The summed E-state index contributed by atoms with van der Waals surface area (Å²) in [5.74, 6) is -0.753. The zero-order chi connectivity index (χ0) is 29.8. The van der Waals surface area contributed by atoms with Gasteiger partial charge < -0.3 is 18.9 Å². The Kier molecular flexibility index (Phi) is 7.56. The minimum absolute atomic E-state index is 0.0683. The number of benzene rings is 1. The summed E-state index contributed by atoms with van der Waals surface area (Å²) >= 11 is 0. The predicted octanol–water partition coefficient (Wildman–Crippen LogP) is 7.04. The molecule has 2 aliphatic heterocycles. The number of carbonyl (C=O) groups excluding carboxylic acids is 2. The molecule has 0 bridgehead atoms. The molecule has 1 aromatic rings. The number of nitrogens with one attached hydrogen (secondary N) is 1. The highest BCUT2D eigenvalue weighted by molar-refractivity contribution is 5.93. The van der Waals surface area contributed by atoms with Crippen LogP contribution in [0.3, 0.4) is 0 Å². The van der Waals surface area contributed by atoms with Crippen LogP contribution in [0.15, 0.2) is 48.1 Å². The van der Waals surface area contributed by atoms with Crippen LogP contribution in [-0.2, 0) is 29.9 Å². The molecule has 224 valence electrons. The Hall–Kier alpha value is -2.85. The molecule has 41 heavy (non-hydrogen) atoms. The van der Waals surface area contributed by atoms with Crippen molar-refractivity contribution >= 4 is 17.7 Å². The minimum atomic E-state index is -4.55. The molecule has 7 nitrogen and oxygen atoms in total. The monoisotopic (exact) mass is 577 g/mol. The summed E-state index contributed by atoms with van der Waals surface area (Å²) in [4.78, 5) is 25.2. The van der Waals surface area contributed by atoms with Crippen LogP contribution < -0.4 is 5.32 Å². The largest absolute Gasteiger partial charge is 0.458 e. The van der Waals surface area contributed by atoms with Crippen molar-refractivity contribution in [2.75, 3.05) is 18.5 Å². The second kappa shape index (κ2) is 10.5. The van der Waals surface area contributed by atoms with Gasteiger partial charge >= 0.3 is 18.2 Å². The summed E-state index contributed by atoms with van der Waals surface area (Å²) < 4.78 is 62.2. The number of esters is 1. The fourth-order valence-electron chi connectivity index (χ4n) is 7.56. The summed E-state index contributed by atoms with van der Waals surface area (Å²) in [6.07, 6.45) is -0.366. The van der Waals surface area contributed by atoms with Crippen molar-refractivity contribution < 1.29 is 41.7 Å². The predicted molar refractivity (Wildman–Crippen MR) is 145 cm³/mol. The van der Waals surface area contributed by atoms with E-state index in [4.69, 9.17) is 18.9 Å². The van der Waals surface area contributed by atoms with Crippen molar-refractivity contribution in [3.05, 3.63) is 53.6 Å². The molecule has 6 atom stereocenters. The molecule has 10 heteroatoms. The van der Waals surface area contributed by atoms with Crippen LogP contribution >= 0.6 is 0 Å². The van der Waals surface area contributed by atoms with E-state index >= 15 is 0 Å². The van der Waals surface area contributed by atoms with Gasteiger partial charge in [-0.05, 0) is 81.4 Å². The lowest BCUT2D eigenvalue weighted by Gasteiger charge is -2.63. The number of hydrogen-bond donors (Lipinski definition) is 1. The molecule has 0 unspecified atom stereocenters. The standard InChI is InChI=1S/C31H38F3NO6/c1-18-9-12-24-29(4,14-13-25-30(24,5)17-39-28(2,3)41-25)22(18)11-10-21-23(16-38-26(21)36)40-27(37)35-20-8-6-7-19(15-20)31(32,33)34/h6-8,10,15,22-25H,1,9,11-14,16-17H2,2-5H3,(H,35,37)/b21-10+/t22-,23-,24+,25-,29+,30+/m1/s1. The molecule has 1 amide bonds. The molecule has 2 aliphatic carbocycles. The minimum Gasteiger partial charge on any atom is -0.458 e. The number of anilines is 1. The molecule has 5 rings (SSSR count). The molecule has 1 N–H and O–H groups in total. The summed E-state index contributed by atoms with van der Waals surface area (Å²) in [6, 6.07) is 4.25. The molecule has 4 fully saturated rings. The quantitative estimate of drug-likeness (QED) is 0.235. The normalized spacial score (nSPS) is 35.8. The number of amides is 1. The van der Waals surface area contributed by atoms with E-state index in [1.54, 1.807) is 6.08 Å². The maximum absolute atomic E-state index is 13.0. The van der Waals surface area contributed by atoms with E-state index in [0.29, 0.717) is 18.9 Å². The van der Waals surface area contributed by atoms with E-state index in [1.165, 1.54) is 12.1 Å². The topological polar surface area (TPSA) is 83.1 Å². The summed E-state index contributed by atoms with van der Waals surface area (Å²) in [5.41, 5.74) is 0.161. The number of allylic oxidation sites excluding steroid dienone is 2. The smallest absolute Gasteiger partial charge is 0.416 e. The van der Waals surface area contributed by atoms with E-state index in [9.17, 15) is 22.8 Å². The first-order chi connectivity index (χ1) is 19.1. The van der Waals surface area contributed by atoms with Gasteiger partial charge in [0.2, 0.25) is 0 Å². The van der Waals surface area contributed by atoms with Crippen LogP contribution in [-0.4, -0.2) is 43.3 Å². The SMILES string of the molecule is C=C1CC[C@@H]2[C@]3(C)COC(C)(C)O[C@@H]3CC[C@@]2(C)[C@@H]1C/C=C1/C(=O)OC[C@H]1OC(=O)Nc1cccc(C(F)(F)F)c1. The second-order valence-corrected chi connectivity index (χ2v) is 12.7. The van der Waals surface area contributed by atoms with Crippen LogP contribution in [0.1, 0.15) is 65.4 Å². The Morgan fingerprint density at radius 3 is 2.68 bits per heavy atom. The highest BCUT2D eigenvalue weighted by Crippen LogP contribution is 2.63. The number of halogens is 3. The van der Waals surface area contributed by atoms with Crippen molar-refractivity contribution in [3.63, 3.8) is 0 Å². The lowest BCUT2D eigenvalue weighted by molar-refractivity contribution is -0.344. The maximum Gasteiger partial charge on any atom is 0.416 e. The average Bonchev–Trinajstić information content (AvgIpc) is 3.22. The van der Waals surface area contributed by atoms with Gasteiger partial charge in [0, 0.05) is 11.1 Å². The number of hydrogen-bond acceptors (Lipinski definition) is 6. The van der Waals surface area contributed by atoms with E-state index < -0.39 is 35.7 Å². The van der Waals surface area contributed by atoms with E-state index in [1.807, 2.05) is 13.8 Å². The van der Waals surface area contributed by atoms with Crippen molar-refractivity contribution in [2.45, 2.75) is 84.0 Å². The average molecular weight is 578 g/mol. The number of carbonyl (C=O) groups is 2. The number of cyclic esters (lactones) is 1. The zero-order valence-corrected chi connectivity index (χ0v) is 23.9. The lowest BCUT2D eigenvalue weighted by Crippen LogP contribution is -2.62. The molecule has 2 saturated carbocycles. The van der Waals surface area contributed by atoms with Gasteiger partial charge in [0.05, 0.1) is 23.8 Å². The highest BCUT2D eigenvalue weighted by Gasteiger charge is 2.60. The maximum atomic E-state index is 13.0. The fraction of sp³-hybridized carbons (Fsp3) is 0.613. The van der Waals surface area contributed by atoms with Crippen LogP contribution in [0.5, 0.6) is 0 Å². The van der Waals surface area contributed by atoms with Gasteiger partial charge in [-0.15, -0.1) is 0 Å². The Labute approximate surface area is 238 Å². The van der Waals surface area contributed by atoms with Gasteiger partial charge in [-0.1, -0.05) is 38.1 Å². The fourth-order valence-corrected chi connectivity index (χ4v) is 7.56. The van der Waals surface area contributed by atoms with Gasteiger partial charge in [0.25, 0.3) is 0 Å². The molecular formula is C31H38F3NO6. The summed E-state index contributed by atoms with van der Waals surface area (Å²) in [7, 11) is 0. The van der Waals surface area contributed by atoms with Crippen molar-refractivity contribution in [3.8, 4) is 0 Å². The Bertz CT molecular complexity index is 1260. The lowest BCUT2D eigenvalue weighted by atomic mass is 9.46. The molecule has 1 aromatic carbocycles. The van der Waals surface area contributed by atoms with Crippen LogP contribution in [0, 0.1) is 22.7 Å². The van der Waals surface area contributed by atoms with Gasteiger partial charge in [-0.2, -0.15) is 13.2 Å². The number of rotatable bonds is 4. The first-order valence-corrected chi connectivity index (χ1v) is 14.1. The van der Waals surface area contributed by atoms with Gasteiger partial charge in [0.1, 0.15) is 6.61 Å². The number of ether oxygens (including phenoxy) is 4.